The Hall–Kier alpha value is -1.72. The van der Waals surface area contributed by atoms with Crippen molar-refractivity contribution < 1.29 is 26.8 Å². The molecule has 0 aromatic carbocycles. The van der Waals surface area contributed by atoms with E-state index in [0.717, 1.165) is 25.7 Å². The molecule has 2 saturated heterocycles. The number of piperidine rings is 1. The molecule has 2 atom stereocenters. The Morgan fingerprint density at radius 2 is 1.92 bits per heavy atom. The van der Waals surface area contributed by atoms with Crippen molar-refractivity contribution in [3.05, 3.63) is 0 Å². The van der Waals surface area contributed by atoms with E-state index >= 15 is 0 Å². The summed E-state index contributed by atoms with van der Waals surface area (Å²) in [6.45, 7) is 0.181. The predicted octanol–water partition coefficient (Wildman–Crippen LogP) is 0.273. The molecule has 0 aromatic heterocycles. The summed E-state index contributed by atoms with van der Waals surface area (Å²) in [6, 6.07) is -1.87. The lowest BCUT2D eigenvalue weighted by Crippen LogP contribution is -2.51. The Morgan fingerprint density at radius 1 is 1.25 bits per heavy atom. The standard InChI is InChI=1S/C13H20N4O6S/c14-11(15-12(18)8-3-1-2-4-8)10-6-5-9-7-16(10)13(19)17(9)23-24(20,21)22/h8-10H,1-7H2,(H2,14,15,18)(H,20,21,22). The van der Waals surface area contributed by atoms with Crippen molar-refractivity contribution in [2.75, 3.05) is 6.54 Å². The van der Waals surface area contributed by atoms with Gasteiger partial charge in [0.15, 0.2) is 0 Å². The van der Waals surface area contributed by atoms with Crippen molar-refractivity contribution in [1.29, 1.82) is 5.41 Å². The van der Waals surface area contributed by atoms with Gasteiger partial charge in [-0.2, -0.15) is 13.5 Å². The van der Waals surface area contributed by atoms with Crippen molar-refractivity contribution in [3.63, 3.8) is 0 Å². The number of urea groups is 1. The molecular formula is C13H20N4O6S. The van der Waals surface area contributed by atoms with Gasteiger partial charge in [0.05, 0.1) is 12.1 Å². The summed E-state index contributed by atoms with van der Waals surface area (Å²) in [4.78, 5) is 25.7. The van der Waals surface area contributed by atoms with E-state index in [4.69, 9.17) is 9.96 Å². The van der Waals surface area contributed by atoms with Crippen LogP contribution in [0.15, 0.2) is 0 Å². The number of hydrogen-bond acceptors (Lipinski definition) is 6. The summed E-state index contributed by atoms with van der Waals surface area (Å²) < 4.78 is 34.8. The number of fused-ring (bicyclic) bond motifs is 2. The highest BCUT2D eigenvalue weighted by atomic mass is 32.3. The minimum absolute atomic E-state index is 0.0626. The highest BCUT2D eigenvalue weighted by Crippen LogP contribution is 2.31. The molecule has 3 aliphatic rings. The maximum atomic E-state index is 12.3. The van der Waals surface area contributed by atoms with Crippen LogP contribution < -0.4 is 5.32 Å². The number of amides is 3. The van der Waals surface area contributed by atoms with E-state index in [1.54, 1.807) is 0 Å². The summed E-state index contributed by atoms with van der Waals surface area (Å²) in [7, 11) is -4.79. The van der Waals surface area contributed by atoms with Gasteiger partial charge in [-0.3, -0.25) is 14.8 Å². The van der Waals surface area contributed by atoms with Crippen LogP contribution in [0.4, 0.5) is 4.79 Å². The third-order valence-corrected chi connectivity index (χ3v) is 5.16. The molecule has 3 amide bonds. The largest absolute Gasteiger partial charge is 0.418 e. The van der Waals surface area contributed by atoms with Crippen LogP contribution in [0.25, 0.3) is 0 Å². The number of carbonyl (C=O) groups excluding carboxylic acids is 2. The second-order valence-electron chi connectivity index (χ2n) is 6.39. The van der Waals surface area contributed by atoms with Gasteiger partial charge < -0.3 is 10.2 Å². The molecule has 2 unspecified atom stereocenters. The molecule has 24 heavy (non-hydrogen) atoms. The molecule has 134 valence electrons. The first-order valence-corrected chi connectivity index (χ1v) is 9.29. The molecule has 0 spiro atoms. The molecule has 10 nitrogen and oxygen atoms in total. The van der Waals surface area contributed by atoms with Gasteiger partial charge in [0, 0.05) is 12.5 Å². The predicted molar refractivity (Wildman–Crippen MR) is 81.2 cm³/mol. The van der Waals surface area contributed by atoms with E-state index in [9.17, 15) is 18.0 Å². The lowest BCUT2D eigenvalue weighted by molar-refractivity contribution is -0.123. The van der Waals surface area contributed by atoms with E-state index < -0.39 is 28.5 Å². The normalized spacial score (nSPS) is 27.6. The van der Waals surface area contributed by atoms with Gasteiger partial charge in [-0.1, -0.05) is 12.8 Å². The topological polar surface area (TPSA) is 140 Å². The van der Waals surface area contributed by atoms with Gasteiger partial charge in [0.2, 0.25) is 5.91 Å². The van der Waals surface area contributed by atoms with Gasteiger partial charge in [-0.05, 0) is 25.7 Å². The quantitative estimate of drug-likeness (QED) is 0.373. The number of nitrogens with zero attached hydrogens (tertiary/aromatic N) is 2. The smallest absolute Gasteiger partial charge is 0.313 e. The van der Waals surface area contributed by atoms with Gasteiger partial charge in [0.1, 0.15) is 5.84 Å². The minimum atomic E-state index is -4.79. The molecule has 0 radical (unpaired) electrons. The molecule has 2 heterocycles. The minimum Gasteiger partial charge on any atom is -0.313 e. The lowest BCUT2D eigenvalue weighted by Gasteiger charge is -2.31. The second-order valence-corrected chi connectivity index (χ2v) is 7.40. The van der Waals surface area contributed by atoms with Gasteiger partial charge in [-0.15, -0.1) is 4.28 Å². The summed E-state index contributed by atoms with van der Waals surface area (Å²) in [5, 5.41) is 11.3. The van der Waals surface area contributed by atoms with E-state index in [0.29, 0.717) is 17.9 Å². The third kappa shape index (κ3) is 3.37. The van der Waals surface area contributed by atoms with Crippen molar-refractivity contribution >= 4 is 28.2 Å². The first kappa shape index (κ1) is 17.1. The fourth-order valence-electron chi connectivity index (χ4n) is 3.64. The van der Waals surface area contributed by atoms with Gasteiger partial charge in [-0.25, -0.2) is 4.79 Å². The molecule has 1 saturated carbocycles. The lowest BCUT2D eigenvalue weighted by atomic mass is 9.99. The monoisotopic (exact) mass is 360 g/mol. The number of amidine groups is 1. The zero-order valence-electron chi connectivity index (χ0n) is 13.0. The molecule has 0 aromatic rings. The number of nitrogens with one attached hydrogen (secondary N) is 2. The molecule has 3 N–H and O–H groups in total. The van der Waals surface area contributed by atoms with Crippen LogP contribution in [0, 0.1) is 11.3 Å². The molecule has 2 bridgehead atoms. The highest BCUT2D eigenvalue weighted by molar-refractivity contribution is 7.80. The van der Waals surface area contributed by atoms with Crippen LogP contribution in [-0.4, -0.2) is 59.3 Å². The Bertz CT molecular complexity index is 659. The molecule has 11 heteroatoms. The molecule has 3 fully saturated rings. The highest BCUT2D eigenvalue weighted by Gasteiger charge is 2.48. The van der Waals surface area contributed by atoms with Crippen LogP contribution in [0.3, 0.4) is 0 Å². The van der Waals surface area contributed by atoms with Crippen molar-refractivity contribution in [2.24, 2.45) is 5.92 Å². The summed E-state index contributed by atoms with van der Waals surface area (Å²) >= 11 is 0. The molecule has 1 aliphatic carbocycles. The molecule has 3 rings (SSSR count). The zero-order chi connectivity index (χ0) is 17.5. The first-order chi connectivity index (χ1) is 11.3. The SMILES string of the molecule is N=C(NC(=O)C1CCCC1)C1CCC2CN1C(=O)N2OS(=O)(=O)O. The van der Waals surface area contributed by atoms with Crippen LogP contribution in [-0.2, 0) is 19.5 Å². The summed E-state index contributed by atoms with van der Waals surface area (Å²) in [5.74, 6) is -0.347. The Morgan fingerprint density at radius 3 is 2.54 bits per heavy atom. The zero-order valence-corrected chi connectivity index (χ0v) is 13.8. The summed E-state index contributed by atoms with van der Waals surface area (Å²) in [6.07, 6.45) is 4.44. The maximum absolute atomic E-state index is 12.3. The van der Waals surface area contributed by atoms with Crippen LogP contribution >= 0.6 is 0 Å². The van der Waals surface area contributed by atoms with Crippen molar-refractivity contribution in [2.45, 2.75) is 50.6 Å². The number of carbonyl (C=O) groups is 2. The average molecular weight is 360 g/mol. The molecule has 2 aliphatic heterocycles. The van der Waals surface area contributed by atoms with Gasteiger partial charge >= 0.3 is 16.4 Å². The van der Waals surface area contributed by atoms with Crippen molar-refractivity contribution in [1.82, 2.24) is 15.3 Å². The Labute approximate surface area is 139 Å². The van der Waals surface area contributed by atoms with Gasteiger partial charge in [0.25, 0.3) is 0 Å². The second kappa shape index (κ2) is 6.30. The fraction of sp³-hybridized carbons (Fsp3) is 0.769. The number of hydroxylamine groups is 2. The van der Waals surface area contributed by atoms with E-state index in [2.05, 4.69) is 9.60 Å². The first-order valence-electron chi connectivity index (χ1n) is 7.92. The van der Waals surface area contributed by atoms with Crippen LogP contribution in [0.2, 0.25) is 0 Å². The average Bonchev–Trinajstić information content (AvgIpc) is 3.11. The van der Waals surface area contributed by atoms with Crippen LogP contribution in [0.1, 0.15) is 38.5 Å². The van der Waals surface area contributed by atoms with Crippen LogP contribution in [0.5, 0.6) is 0 Å². The number of rotatable bonds is 4. The summed E-state index contributed by atoms with van der Waals surface area (Å²) in [5.41, 5.74) is 0. The fourth-order valence-corrected chi connectivity index (χ4v) is 4.03. The van der Waals surface area contributed by atoms with E-state index in [1.165, 1.54) is 4.90 Å². The third-order valence-electron chi connectivity index (χ3n) is 4.81. The molecular weight excluding hydrogens is 340 g/mol. The van der Waals surface area contributed by atoms with Crippen molar-refractivity contribution in [3.8, 4) is 0 Å². The Balaban J connectivity index is 1.65. The maximum Gasteiger partial charge on any atom is 0.418 e. The van der Waals surface area contributed by atoms with E-state index in [-0.39, 0.29) is 24.2 Å². The van der Waals surface area contributed by atoms with E-state index in [1.807, 2.05) is 0 Å². The number of hydrogen-bond donors (Lipinski definition) is 3. The Kier molecular flexibility index (Phi) is 4.49.